The van der Waals surface area contributed by atoms with Gasteiger partial charge < -0.3 is 5.11 Å². The molecule has 2 heteroatoms. The van der Waals surface area contributed by atoms with Crippen molar-refractivity contribution in [3.63, 3.8) is 0 Å². The Balaban J connectivity index is 1.72. The van der Waals surface area contributed by atoms with Crippen molar-refractivity contribution in [1.82, 2.24) is 4.90 Å². The minimum Gasteiger partial charge on any atom is -0.391 e. The fourth-order valence-electron chi connectivity index (χ4n) is 3.36. The van der Waals surface area contributed by atoms with Gasteiger partial charge in [-0.15, -0.1) is 0 Å². The SMILES string of the molecule is OC1CCCC1N1CCc2ccccc2CC1. The van der Waals surface area contributed by atoms with Crippen molar-refractivity contribution in [2.24, 2.45) is 0 Å². The van der Waals surface area contributed by atoms with E-state index in [0.717, 1.165) is 32.4 Å². The summed E-state index contributed by atoms with van der Waals surface area (Å²) in [6.07, 6.45) is 5.55. The Kier molecular flexibility index (Phi) is 3.17. The van der Waals surface area contributed by atoms with Gasteiger partial charge in [-0.05, 0) is 43.2 Å². The Bertz CT molecular complexity index is 363. The molecule has 1 fully saturated rings. The van der Waals surface area contributed by atoms with Crippen molar-refractivity contribution < 1.29 is 5.11 Å². The first-order valence-corrected chi connectivity index (χ1v) is 6.83. The van der Waals surface area contributed by atoms with Gasteiger partial charge in [-0.25, -0.2) is 0 Å². The topological polar surface area (TPSA) is 23.5 Å². The summed E-state index contributed by atoms with van der Waals surface area (Å²) >= 11 is 0. The first-order chi connectivity index (χ1) is 8.34. The van der Waals surface area contributed by atoms with Gasteiger partial charge in [0.25, 0.3) is 0 Å². The second-order valence-electron chi connectivity index (χ2n) is 5.37. The van der Waals surface area contributed by atoms with E-state index in [4.69, 9.17) is 0 Å². The largest absolute Gasteiger partial charge is 0.391 e. The fraction of sp³-hybridized carbons (Fsp3) is 0.600. The van der Waals surface area contributed by atoms with Crippen LogP contribution in [0.1, 0.15) is 30.4 Å². The number of hydrogen-bond acceptors (Lipinski definition) is 2. The van der Waals surface area contributed by atoms with Gasteiger partial charge in [0.2, 0.25) is 0 Å². The maximum Gasteiger partial charge on any atom is 0.0695 e. The first-order valence-electron chi connectivity index (χ1n) is 6.83. The van der Waals surface area contributed by atoms with Crippen LogP contribution in [0.3, 0.4) is 0 Å². The zero-order valence-electron chi connectivity index (χ0n) is 10.3. The molecule has 2 nitrogen and oxygen atoms in total. The molecule has 0 spiro atoms. The zero-order valence-corrected chi connectivity index (χ0v) is 10.3. The van der Waals surface area contributed by atoms with Crippen LogP contribution in [0.25, 0.3) is 0 Å². The predicted molar refractivity (Wildman–Crippen MR) is 69.1 cm³/mol. The lowest BCUT2D eigenvalue weighted by atomic mass is 10.0. The summed E-state index contributed by atoms with van der Waals surface area (Å²) in [5, 5.41) is 10.0. The third-order valence-electron chi connectivity index (χ3n) is 4.37. The molecule has 1 aliphatic heterocycles. The number of fused-ring (bicyclic) bond motifs is 1. The molecule has 0 amide bonds. The van der Waals surface area contributed by atoms with Gasteiger partial charge in [-0.3, -0.25) is 4.90 Å². The Morgan fingerprint density at radius 2 is 1.65 bits per heavy atom. The minimum absolute atomic E-state index is 0.0868. The molecule has 1 aromatic carbocycles. The lowest BCUT2D eigenvalue weighted by Gasteiger charge is -2.29. The second kappa shape index (κ2) is 4.79. The number of hydrogen-bond donors (Lipinski definition) is 1. The third-order valence-corrected chi connectivity index (χ3v) is 4.37. The average Bonchev–Trinajstić information content (AvgIpc) is 2.66. The van der Waals surface area contributed by atoms with Crippen molar-refractivity contribution in [3.05, 3.63) is 35.4 Å². The molecule has 1 saturated carbocycles. The summed E-state index contributed by atoms with van der Waals surface area (Å²) in [4.78, 5) is 2.51. The van der Waals surface area contributed by atoms with E-state index in [9.17, 15) is 5.11 Å². The van der Waals surface area contributed by atoms with E-state index in [-0.39, 0.29) is 6.10 Å². The Hall–Kier alpha value is -0.860. The Labute approximate surface area is 103 Å². The molecule has 2 aliphatic rings. The number of aliphatic hydroxyl groups excluding tert-OH is 1. The molecule has 0 radical (unpaired) electrons. The first kappa shape index (κ1) is 11.2. The smallest absolute Gasteiger partial charge is 0.0695 e. The molecule has 1 heterocycles. The van der Waals surface area contributed by atoms with Gasteiger partial charge in [0, 0.05) is 19.1 Å². The Morgan fingerprint density at radius 3 is 2.18 bits per heavy atom. The standard InChI is InChI=1S/C15H21NO/c17-15-7-3-6-14(15)16-10-8-12-4-1-2-5-13(12)9-11-16/h1-2,4-5,14-15,17H,3,6-11H2. The highest BCUT2D eigenvalue weighted by atomic mass is 16.3. The Morgan fingerprint density at radius 1 is 1.00 bits per heavy atom. The van der Waals surface area contributed by atoms with Gasteiger partial charge in [0.15, 0.2) is 0 Å². The van der Waals surface area contributed by atoms with Crippen LogP contribution in [0.5, 0.6) is 0 Å². The van der Waals surface area contributed by atoms with E-state index in [0.29, 0.717) is 6.04 Å². The number of rotatable bonds is 1. The predicted octanol–water partition coefficient (Wildman–Crippen LogP) is 2.00. The number of aliphatic hydroxyl groups is 1. The molecule has 3 rings (SSSR count). The van der Waals surface area contributed by atoms with Crippen molar-refractivity contribution in [2.75, 3.05) is 13.1 Å². The van der Waals surface area contributed by atoms with E-state index < -0.39 is 0 Å². The normalized spacial score (nSPS) is 29.9. The van der Waals surface area contributed by atoms with E-state index in [1.54, 1.807) is 0 Å². The van der Waals surface area contributed by atoms with Crippen molar-refractivity contribution in [3.8, 4) is 0 Å². The summed E-state index contributed by atoms with van der Waals surface area (Å²) in [5.74, 6) is 0. The van der Waals surface area contributed by atoms with Crippen molar-refractivity contribution >= 4 is 0 Å². The van der Waals surface area contributed by atoms with Crippen LogP contribution in [0, 0.1) is 0 Å². The van der Waals surface area contributed by atoms with Gasteiger partial charge in [0.1, 0.15) is 0 Å². The molecular formula is C15H21NO. The summed E-state index contributed by atoms with van der Waals surface area (Å²) in [6, 6.07) is 9.20. The molecule has 1 aliphatic carbocycles. The van der Waals surface area contributed by atoms with Crippen LogP contribution in [-0.2, 0) is 12.8 Å². The number of benzene rings is 1. The maximum atomic E-state index is 10.0. The van der Waals surface area contributed by atoms with Crippen molar-refractivity contribution in [1.29, 1.82) is 0 Å². The fourth-order valence-corrected chi connectivity index (χ4v) is 3.36. The van der Waals surface area contributed by atoms with Gasteiger partial charge in [-0.2, -0.15) is 0 Å². The van der Waals surface area contributed by atoms with E-state index in [1.165, 1.54) is 24.0 Å². The molecule has 2 atom stereocenters. The molecule has 1 N–H and O–H groups in total. The third kappa shape index (κ3) is 2.24. The highest BCUT2D eigenvalue weighted by molar-refractivity contribution is 5.28. The van der Waals surface area contributed by atoms with Gasteiger partial charge >= 0.3 is 0 Å². The van der Waals surface area contributed by atoms with Crippen LogP contribution in [0.2, 0.25) is 0 Å². The zero-order chi connectivity index (χ0) is 11.7. The molecular weight excluding hydrogens is 210 g/mol. The van der Waals surface area contributed by atoms with Crippen molar-refractivity contribution in [2.45, 2.75) is 44.2 Å². The van der Waals surface area contributed by atoms with E-state index in [2.05, 4.69) is 29.2 Å². The summed E-state index contributed by atoms with van der Waals surface area (Å²) < 4.78 is 0. The lowest BCUT2D eigenvalue weighted by Crippen LogP contribution is -2.41. The second-order valence-corrected chi connectivity index (χ2v) is 5.37. The monoisotopic (exact) mass is 231 g/mol. The average molecular weight is 231 g/mol. The van der Waals surface area contributed by atoms with E-state index >= 15 is 0 Å². The van der Waals surface area contributed by atoms with Gasteiger partial charge in [-0.1, -0.05) is 24.3 Å². The summed E-state index contributed by atoms with van der Waals surface area (Å²) in [6.45, 7) is 2.22. The number of nitrogens with zero attached hydrogens (tertiary/aromatic N) is 1. The van der Waals surface area contributed by atoms with E-state index in [1.807, 2.05) is 0 Å². The highest BCUT2D eigenvalue weighted by Crippen LogP contribution is 2.26. The molecule has 17 heavy (non-hydrogen) atoms. The lowest BCUT2D eigenvalue weighted by molar-refractivity contribution is 0.0733. The minimum atomic E-state index is -0.0868. The molecule has 0 aromatic heterocycles. The molecule has 0 bridgehead atoms. The van der Waals surface area contributed by atoms with Crippen LogP contribution in [0.15, 0.2) is 24.3 Å². The van der Waals surface area contributed by atoms with Crippen LogP contribution in [-0.4, -0.2) is 35.2 Å². The van der Waals surface area contributed by atoms with Gasteiger partial charge in [0.05, 0.1) is 6.10 Å². The quantitative estimate of drug-likeness (QED) is 0.799. The summed E-state index contributed by atoms with van der Waals surface area (Å²) in [5.41, 5.74) is 3.00. The molecule has 92 valence electrons. The maximum absolute atomic E-state index is 10.0. The molecule has 2 unspecified atom stereocenters. The van der Waals surface area contributed by atoms with Crippen LogP contribution in [0.4, 0.5) is 0 Å². The molecule has 0 saturated heterocycles. The molecule has 1 aromatic rings. The van der Waals surface area contributed by atoms with Crippen LogP contribution < -0.4 is 0 Å². The van der Waals surface area contributed by atoms with Crippen LogP contribution >= 0.6 is 0 Å². The highest BCUT2D eigenvalue weighted by Gasteiger charge is 2.31. The summed E-state index contributed by atoms with van der Waals surface area (Å²) in [7, 11) is 0.